The minimum Gasteiger partial charge on any atom is -0.493 e. The zero-order chi connectivity index (χ0) is 19.1. The van der Waals surface area contributed by atoms with E-state index in [1.165, 1.54) is 21.3 Å². The number of rotatable bonds is 4. The molecule has 2 N–H and O–H groups in total. The van der Waals surface area contributed by atoms with Crippen molar-refractivity contribution in [1.29, 1.82) is 0 Å². The topological polar surface area (TPSA) is 85.9 Å². The molecule has 0 saturated heterocycles. The number of nitrogens with one attached hydrogen (secondary N) is 2. The quantitative estimate of drug-likeness (QED) is 0.862. The molecule has 0 saturated carbocycles. The first-order valence-corrected chi connectivity index (χ1v) is 8.43. The van der Waals surface area contributed by atoms with Crippen molar-refractivity contribution in [3.8, 4) is 17.2 Å². The Morgan fingerprint density at radius 1 is 1.00 bits per heavy atom. The summed E-state index contributed by atoms with van der Waals surface area (Å²) in [6, 6.07) is 2.63. The summed E-state index contributed by atoms with van der Waals surface area (Å²) in [5.74, 6) is 1.44. The van der Waals surface area contributed by atoms with Gasteiger partial charge in [0.2, 0.25) is 5.75 Å². The summed E-state index contributed by atoms with van der Waals surface area (Å²) in [4.78, 5) is 25.0. The molecular formula is C19H24N2O5. The van der Waals surface area contributed by atoms with E-state index in [0.717, 1.165) is 0 Å². The van der Waals surface area contributed by atoms with E-state index in [2.05, 4.69) is 10.6 Å². The maximum absolute atomic E-state index is 12.8. The van der Waals surface area contributed by atoms with Crippen LogP contribution in [0.15, 0.2) is 23.4 Å². The summed E-state index contributed by atoms with van der Waals surface area (Å²) in [5, 5.41) is 5.65. The van der Waals surface area contributed by atoms with Crippen LogP contribution < -0.4 is 24.8 Å². The van der Waals surface area contributed by atoms with Gasteiger partial charge in [0.25, 0.3) is 0 Å². The number of Topliss-reactive ketones (excluding diaryl/α,β-unsaturated/α-hetero) is 1. The molecule has 7 heteroatoms. The molecule has 0 spiro atoms. The summed E-state index contributed by atoms with van der Waals surface area (Å²) in [5.41, 5.74) is 1.81. The molecule has 1 aromatic rings. The summed E-state index contributed by atoms with van der Waals surface area (Å²) < 4.78 is 16.1. The van der Waals surface area contributed by atoms with Gasteiger partial charge in [-0.1, -0.05) is 13.8 Å². The van der Waals surface area contributed by atoms with Crippen LogP contribution in [0.5, 0.6) is 17.2 Å². The van der Waals surface area contributed by atoms with Gasteiger partial charge in [0, 0.05) is 17.7 Å². The van der Waals surface area contributed by atoms with Crippen LogP contribution in [-0.2, 0) is 4.79 Å². The van der Waals surface area contributed by atoms with E-state index >= 15 is 0 Å². The SMILES string of the molecule is COc1cc([C@@H]2NC(=O)NC3=C2C(=O)CC(C)(C)C3)cc(OC)c1OC. The average Bonchev–Trinajstić information content (AvgIpc) is 2.57. The van der Waals surface area contributed by atoms with Gasteiger partial charge in [-0.05, 0) is 29.5 Å². The molecule has 0 unspecified atom stereocenters. The Labute approximate surface area is 152 Å². The van der Waals surface area contributed by atoms with Gasteiger partial charge < -0.3 is 24.8 Å². The van der Waals surface area contributed by atoms with Crippen LogP contribution in [0.3, 0.4) is 0 Å². The lowest BCUT2D eigenvalue weighted by Gasteiger charge is -2.38. The van der Waals surface area contributed by atoms with Crippen LogP contribution in [0.2, 0.25) is 0 Å². The van der Waals surface area contributed by atoms with Gasteiger partial charge in [0.15, 0.2) is 17.3 Å². The molecule has 140 valence electrons. The van der Waals surface area contributed by atoms with Crippen LogP contribution in [0.25, 0.3) is 0 Å². The Hall–Kier alpha value is -2.70. The van der Waals surface area contributed by atoms with Gasteiger partial charge in [0.1, 0.15) is 0 Å². The van der Waals surface area contributed by atoms with Crippen LogP contribution in [0.1, 0.15) is 38.3 Å². The predicted molar refractivity (Wildman–Crippen MR) is 95.6 cm³/mol. The fourth-order valence-electron chi connectivity index (χ4n) is 3.68. The van der Waals surface area contributed by atoms with Crippen LogP contribution >= 0.6 is 0 Å². The van der Waals surface area contributed by atoms with E-state index in [4.69, 9.17) is 14.2 Å². The smallest absolute Gasteiger partial charge is 0.319 e. The molecule has 2 aliphatic rings. The lowest BCUT2D eigenvalue weighted by atomic mass is 9.73. The van der Waals surface area contributed by atoms with Crippen molar-refractivity contribution >= 4 is 11.8 Å². The van der Waals surface area contributed by atoms with Gasteiger partial charge in [-0.2, -0.15) is 0 Å². The van der Waals surface area contributed by atoms with E-state index in [1.807, 2.05) is 13.8 Å². The summed E-state index contributed by atoms with van der Waals surface area (Å²) in [7, 11) is 4.59. The maximum atomic E-state index is 12.8. The van der Waals surface area contributed by atoms with Crippen molar-refractivity contribution in [3.63, 3.8) is 0 Å². The number of carbonyl (C=O) groups excluding carboxylic acids is 2. The normalized spacial score (nSPS) is 21.5. The molecule has 7 nitrogen and oxygen atoms in total. The largest absolute Gasteiger partial charge is 0.493 e. The monoisotopic (exact) mass is 360 g/mol. The number of ketones is 1. The molecule has 3 rings (SSSR count). The average molecular weight is 360 g/mol. The molecule has 1 aliphatic heterocycles. The molecule has 0 fully saturated rings. The second-order valence-electron chi connectivity index (χ2n) is 7.32. The van der Waals surface area contributed by atoms with Gasteiger partial charge in [-0.3, -0.25) is 4.79 Å². The van der Waals surface area contributed by atoms with E-state index in [1.54, 1.807) is 12.1 Å². The zero-order valence-electron chi connectivity index (χ0n) is 15.7. The minimum atomic E-state index is -0.559. The minimum absolute atomic E-state index is 0.0301. The molecule has 1 aliphatic carbocycles. The third-order valence-corrected chi connectivity index (χ3v) is 4.77. The summed E-state index contributed by atoms with van der Waals surface area (Å²) in [6.45, 7) is 4.05. The second-order valence-corrected chi connectivity index (χ2v) is 7.32. The molecule has 0 bridgehead atoms. The van der Waals surface area contributed by atoms with Crippen molar-refractivity contribution in [2.75, 3.05) is 21.3 Å². The highest BCUT2D eigenvalue weighted by atomic mass is 16.5. The number of hydrogen-bond donors (Lipinski definition) is 2. The molecular weight excluding hydrogens is 336 g/mol. The summed E-state index contributed by atoms with van der Waals surface area (Å²) >= 11 is 0. The Morgan fingerprint density at radius 3 is 2.15 bits per heavy atom. The lowest BCUT2D eigenvalue weighted by Crippen LogP contribution is -2.48. The van der Waals surface area contributed by atoms with Crippen LogP contribution in [0.4, 0.5) is 4.79 Å². The standard InChI is InChI=1S/C19H24N2O5/c1-19(2)8-11-15(12(22)9-19)16(21-18(23)20-11)10-6-13(24-3)17(26-5)14(7-10)25-4/h6-7,16H,8-9H2,1-5H3,(H2,20,21,23)/t16-/m0/s1. The van der Waals surface area contributed by atoms with E-state index in [9.17, 15) is 9.59 Å². The number of carbonyl (C=O) groups is 2. The number of methoxy groups -OCH3 is 3. The fraction of sp³-hybridized carbons (Fsp3) is 0.474. The molecule has 1 atom stereocenters. The highest BCUT2D eigenvalue weighted by molar-refractivity contribution is 6.01. The van der Waals surface area contributed by atoms with E-state index < -0.39 is 6.04 Å². The first-order valence-electron chi connectivity index (χ1n) is 8.43. The Balaban J connectivity index is 2.13. The maximum Gasteiger partial charge on any atom is 0.319 e. The van der Waals surface area contributed by atoms with Crippen molar-refractivity contribution in [2.24, 2.45) is 5.41 Å². The highest BCUT2D eigenvalue weighted by Gasteiger charge is 2.40. The first kappa shape index (κ1) is 18.1. The molecule has 1 heterocycles. The van der Waals surface area contributed by atoms with E-state index in [-0.39, 0.29) is 17.2 Å². The number of amides is 2. The van der Waals surface area contributed by atoms with Gasteiger partial charge in [0.05, 0.1) is 27.4 Å². The Bertz CT molecular complexity index is 772. The molecule has 26 heavy (non-hydrogen) atoms. The lowest BCUT2D eigenvalue weighted by molar-refractivity contribution is -0.118. The van der Waals surface area contributed by atoms with Crippen molar-refractivity contribution in [1.82, 2.24) is 10.6 Å². The third kappa shape index (κ3) is 3.09. The predicted octanol–water partition coefficient (Wildman–Crippen LogP) is 2.71. The first-order chi connectivity index (χ1) is 12.3. The Kier molecular flexibility index (Phi) is 4.56. The van der Waals surface area contributed by atoms with Crippen LogP contribution in [0, 0.1) is 5.41 Å². The van der Waals surface area contributed by atoms with Crippen molar-refractivity contribution in [2.45, 2.75) is 32.7 Å². The molecule has 1 aromatic carbocycles. The molecule has 0 aromatic heterocycles. The molecule has 0 radical (unpaired) electrons. The number of allylic oxidation sites excluding steroid dienone is 1. The number of urea groups is 1. The third-order valence-electron chi connectivity index (χ3n) is 4.77. The molecule has 2 amide bonds. The van der Waals surface area contributed by atoms with Gasteiger partial charge in [-0.15, -0.1) is 0 Å². The van der Waals surface area contributed by atoms with Gasteiger partial charge >= 0.3 is 6.03 Å². The van der Waals surface area contributed by atoms with Crippen molar-refractivity contribution in [3.05, 3.63) is 29.0 Å². The van der Waals surface area contributed by atoms with Crippen LogP contribution in [-0.4, -0.2) is 33.1 Å². The van der Waals surface area contributed by atoms with E-state index in [0.29, 0.717) is 46.9 Å². The fourth-order valence-corrected chi connectivity index (χ4v) is 3.68. The second kappa shape index (κ2) is 6.55. The highest BCUT2D eigenvalue weighted by Crippen LogP contribution is 2.45. The zero-order valence-corrected chi connectivity index (χ0v) is 15.7. The Morgan fingerprint density at radius 2 is 1.62 bits per heavy atom. The number of ether oxygens (including phenoxy) is 3. The van der Waals surface area contributed by atoms with Gasteiger partial charge in [-0.25, -0.2) is 4.79 Å². The number of hydrogen-bond acceptors (Lipinski definition) is 5. The number of benzene rings is 1. The summed E-state index contributed by atoms with van der Waals surface area (Å²) in [6.07, 6.45) is 1.08. The van der Waals surface area contributed by atoms with Crippen molar-refractivity contribution < 1.29 is 23.8 Å².